The highest BCUT2D eigenvalue weighted by molar-refractivity contribution is 5.71. The Morgan fingerprint density at radius 1 is 0.273 bits per heavy atom. The third kappa shape index (κ3) is 63.3. The van der Waals surface area contributed by atoms with E-state index in [1.165, 1.54) is 167 Å². The van der Waals surface area contributed by atoms with Gasteiger partial charge >= 0.3 is 17.9 Å². The lowest BCUT2D eigenvalue weighted by Gasteiger charge is -2.18. The Labute approximate surface area is 477 Å². The van der Waals surface area contributed by atoms with Crippen LogP contribution in [0.1, 0.15) is 329 Å². The van der Waals surface area contributed by atoms with Crippen molar-refractivity contribution in [3.8, 4) is 0 Å². The second kappa shape index (κ2) is 65.1. The molecule has 0 aliphatic heterocycles. The first-order chi connectivity index (χ1) is 38.0. The normalized spacial score (nSPS) is 12.6. The Kier molecular flexibility index (Phi) is 62.2. The number of rotatable bonds is 60. The van der Waals surface area contributed by atoms with Gasteiger partial charge in [0.2, 0.25) is 0 Å². The van der Waals surface area contributed by atoms with Gasteiger partial charge in [-0.25, -0.2) is 0 Å². The Morgan fingerprint density at radius 3 is 0.792 bits per heavy atom. The van der Waals surface area contributed by atoms with Gasteiger partial charge in [0, 0.05) is 19.3 Å². The van der Waals surface area contributed by atoms with Crippen LogP contribution in [0.5, 0.6) is 0 Å². The summed E-state index contributed by atoms with van der Waals surface area (Å²) >= 11 is 0. The number of ether oxygens (including phenoxy) is 3. The summed E-state index contributed by atoms with van der Waals surface area (Å²) in [7, 11) is 0. The summed E-state index contributed by atoms with van der Waals surface area (Å²) in [6.07, 6.45) is 85.9. The lowest BCUT2D eigenvalue weighted by atomic mass is 10.0. The van der Waals surface area contributed by atoms with E-state index in [0.717, 1.165) is 122 Å². The molecule has 0 aliphatic rings. The van der Waals surface area contributed by atoms with Crippen LogP contribution >= 0.6 is 0 Å². The molecule has 0 rings (SSSR count). The van der Waals surface area contributed by atoms with Crippen LogP contribution in [0.15, 0.2) is 85.1 Å². The molecule has 444 valence electrons. The molecular formula is C71H124O6. The van der Waals surface area contributed by atoms with Crippen molar-refractivity contribution in [2.45, 2.75) is 335 Å². The molecule has 6 nitrogen and oxygen atoms in total. The van der Waals surface area contributed by atoms with E-state index in [1.807, 2.05) is 0 Å². The van der Waals surface area contributed by atoms with E-state index in [1.54, 1.807) is 0 Å². The standard InChI is InChI=1S/C71H124O6/c1-4-7-10-13-16-19-22-25-28-30-32-33-34-35-36-37-38-39-40-42-43-46-49-52-55-58-61-64-70(73)76-67-68(66-75-69(72)63-60-57-54-51-48-45-27-24-21-18-15-12-9-6-3)77-71(74)65-62-59-56-53-50-47-44-41-31-29-26-23-20-17-14-11-8-5-2/h7,10,16,19,25,28,32-33,35-36,38-39,42-43,68H,4-6,8-9,11-15,17-18,20-24,26-27,29-31,34,37,40-41,44-67H2,1-3H3/b10-7-,19-16-,28-25-,33-32-,36-35-,39-38-,43-42-. The zero-order valence-electron chi connectivity index (χ0n) is 51.0. The fraction of sp³-hybridized carbons (Fsp3) is 0.761. The third-order valence-corrected chi connectivity index (χ3v) is 14.4. The molecule has 6 heteroatoms. The second-order valence-electron chi connectivity index (χ2n) is 22.0. The van der Waals surface area contributed by atoms with Crippen LogP contribution in [0.3, 0.4) is 0 Å². The highest BCUT2D eigenvalue weighted by Crippen LogP contribution is 2.17. The number of carbonyl (C=O) groups excluding carboxylic acids is 3. The number of hydrogen-bond donors (Lipinski definition) is 0. The summed E-state index contributed by atoms with van der Waals surface area (Å²) < 4.78 is 16.9. The van der Waals surface area contributed by atoms with Crippen LogP contribution in [0.25, 0.3) is 0 Å². The summed E-state index contributed by atoms with van der Waals surface area (Å²) in [5.41, 5.74) is 0. The van der Waals surface area contributed by atoms with Crippen molar-refractivity contribution in [2.75, 3.05) is 13.2 Å². The van der Waals surface area contributed by atoms with Gasteiger partial charge in [-0.05, 0) is 77.0 Å². The molecule has 0 spiro atoms. The van der Waals surface area contributed by atoms with E-state index in [0.29, 0.717) is 19.3 Å². The number of carbonyl (C=O) groups is 3. The molecule has 0 saturated carbocycles. The molecule has 0 aromatic heterocycles. The Bertz CT molecular complexity index is 1470. The highest BCUT2D eigenvalue weighted by atomic mass is 16.6. The first-order valence-corrected chi connectivity index (χ1v) is 33.1. The molecule has 0 saturated heterocycles. The van der Waals surface area contributed by atoms with E-state index in [4.69, 9.17) is 14.2 Å². The number of allylic oxidation sites excluding steroid dienone is 14. The molecule has 0 N–H and O–H groups in total. The first-order valence-electron chi connectivity index (χ1n) is 33.1. The van der Waals surface area contributed by atoms with E-state index < -0.39 is 6.10 Å². The largest absolute Gasteiger partial charge is 0.462 e. The van der Waals surface area contributed by atoms with Crippen LogP contribution < -0.4 is 0 Å². The van der Waals surface area contributed by atoms with Gasteiger partial charge in [0.05, 0.1) is 0 Å². The van der Waals surface area contributed by atoms with Crippen LogP contribution in [-0.4, -0.2) is 37.2 Å². The van der Waals surface area contributed by atoms with Gasteiger partial charge in [0.25, 0.3) is 0 Å². The van der Waals surface area contributed by atoms with Crippen molar-refractivity contribution >= 4 is 17.9 Å². The van der Waals surface area contributed by atoms with Gasteiger partial charge < -0.3 is 14.2 Å². The summed E-state index contributed by atoms with van der Waals surface area (Å²) in [5.74, 6) is -0.880. The minimum Gasteiger partial charge on any atom is -0.462 e. The summed E-state index contributed by atoms with van der Waals surface area (Å²) in [4.78, 5) is 38.3. The average Bonchev–Trinajstić information content (AvgIpc) is 3.43. The summed E-state index contributed by atoms with van der Waals surface area (Å²) in [6.45, 7) is 6.56. The molecular weight excluding hydrogens is 949 g/mol. The van der Waals surface area contributed by atoms with Crippen LogP contribution in [0, 0.1) is 0 Å². The second-order valence-corrected chi connectivity index (χ2v) is 22.0. The number of hydrogen-bond acceptors (Lipinski definition) is 6. The SMILES string of the molecule is CC/C=C\C/C=C\C/C=C\C/C=C\C/C=C\C/C=C\C/C=C\CCCCCCCC(=O)OCC(COC(=O)CCCCCCCCCCCCCCCC)OC(=O)CCCCCCCCCCCCCCCCCCCC. The van der Waals surface area contributed by atoms with E-state index >= 15 is 0 Å². The number of esters is 3. The maximum absolute atomic E-state index is 12.9. The van der Waals surface area contributed by atoms with Crippen molar-refractivity contribution in [1.29, 1.82) is 0 Å². The van der Waals surface area contributed by atoms with Crippen LogP contribution in [0.4, 0.5) is 0 Å². The average molecular weight is 1070 g/mol. The van der Waals surface area contributed by atoms with E-state index in [2.05, 4.69) is 106 Å². The lowest BCUT2D eigenvalue weighted by Crippen LogP contribution is -2.30. The predicted molar refractivity (Wildman–Crippen MR) is 334 cm³/mol. The van der Waals surface area contributed by atoms with Crippen LogP contribution in [-0.2, 0) is 28.6 Å². The van der Waals surface area contributed by atoms with Gasteiger partial charge in [-0.3, -0.25) is 14.4 Å². The highest BCUT2D eigenvalue weighted by Gasteiger charge is 2.19. The number of unbranched alkanes of at least 4 members (excludes halogenated alkanes) is 35. The lowest BCUT2D eigenvalue weighted by molar-refractivity contribution is -0.167. The van der Waals surface area contributed by atoms with Crippen molar-refractivity contribution in [3.63, 3.8) is 0 Å². The fourth-order valence-corrected chi connectivity index (χ4v) is 9.48. The molecule has 0 aromatic carbocycles. The molecule has 0 heterocycles. The summed E-state index contributed by atoms with van der Waals surface area (Å²) in [5, 5.41) is 0. The molecule has 0 bridgehead atoms. The molecule has 0 radical (unpaired) electrons. The monoisotopic (exact) mass is 1070 g/mol. The maximum atomic E-state index is 12.9. The molecule has 0 aromatic rings. The van der Waals surface area contributed by atoms with Gasteiger partial charge in [-0.15, -0.1) is 0 Å². The molecule has 1 unspecified atom stereocenters. The Balaban J connectivity index is 4.35. The molecule has 0 amide bonds. The first kappa shape index (κ1) is 73.6. The Hall–Kier alpha value is -3.41. The van der Waals surface area contributed by atoms with Gasteiger partial charge in [0.1, 0.15) is 13.2 Å². The quantitative estimate of drug-likeness (QED) is 0.0261. The predicted octanol–water partition coefficient (Wildman–Crippen LogP) is 22.7. The van der Waals surface area contributed by atoms with Crippen molar-refractivity contribution in [2.24, 2.45) is 0 Å². The molecule has 0 aliphatic carbocycles. The van der Waals surface area contributed by atoms with Gasteiger partial charge in [0.15, 0.2) is 6.10 Å². The van der Waals surface area contributed by atoms with Gasteiger partial charge in [-0.1, -0.05) is 318 Å². The van der Waals surface area contributed by atoms with Crippen LogP contribution in [0.2, 0.25) is 0 Å². The Morgan fingerprint density at radius 2 is 0.506 bits per heavy atom. The summed E-state index contributed by atoms with van der Waals surface area (Å²) in [6, 6.07) is 0. The van der Waals surface area contributed by atoms with Crippen molar-refractivity contribution in [3.05, 3.63) is 85.1 Å². The maximum Gasteiger partial charge on any atom is 0.306 e. The minimum absolute atomic E-state index is 0.0780. The fourth-order valence-electron chi connectivity index (χ4n) is 9.48. The van der Waals surface area contributed by atoms with E-state index in [9.17, 15) is 14.4 Å². The molecule has 77 heavy (non-hydrogen) atoms. The van der Waals surface area contributed by atoms with Gasteiger partial charge in [-0.2, -0.15) is 0 Å². The molecule has 0 fully saturated rings. The smallest absolute Gasteiger partial charge is 0.306 e. The minimum atomic E-state index is -0.783. The molecule has 1 atom stereocenters. The zero-order chi connectivity index (χ0) is 55.7. The van der Waals surface area contributed by atoms with Crippen molar-refractivity contribution < 1.29 is 28.6 Å². The third-order valence-electron chi connectivity index (χ3n) is 14.4. The zero-order valence-corrected chi connectivity index (χ0v) is 51.0. The van der Waals surface area contributed by atoms with Crippen molar-refractivity contribution in [1.82, 2.24) is 0 Å². The topological polar surface area (TPSA) is 78.9 Å². The van der Waals surface area contributed by atoms with E-state index in [-0.39, 0.29) is 31.1 Å².